The first-order valence-corrected chi connectivity index (χ1v) is 9.83. The Morgan fingerprint density at radius 1 is 0.844 bits per heavy atom. The van der Waals surface area contributed by atoms with Crippen LogP contribution < -0.4 is 0 Å². The normalized spacial score (nSPS) is 13.9. The van der Waals surface area contributed by atoms with Crippen molar-refractivity contribution in [2.45, 2.75) is 63.5 Å². The summed E-state index contributed by atoms with van der Waals surface area (Å²) in [7, 11) is 0. The molecule has 0 aliphatic rings. The van der Waals surface area contributed by atoms with Gasteiger partial charge in [-0.1, -0.05) is 10.2 Å². The van der Waals surface area contributed by atoms with Gasteiger partial charge in [-0.3, -0.25) is 9.59 Å². The standard InChI is InChI=1S/C18H26N10O4/c1-17(13-19,7-5-15(29)31-11-3-9-23-27-21)25-26-18(2,14-20)8-6-16(30)32-12-4-10-24-28-22/h3-12H2,1-2H3. The number of ether oxygens (including phenoxy) is 2. The van der Waals surface area contributed by atoms with E-state index in [4.69, 9.17) is 20.5 Å². The van der Waals surface area contributed by atoms with E-state index in [0.717, 1.165) is 0 Å². The molecular weight excluding hydrogens is 420 g/mol. The maximum Gasteiger partial charge on any atom is 0.305 e. The van der Waals surface area contributed by atoms with Crippen molar-refractivity contribution in [3.63, 3.8) is 0 Å². The Morgan fingerprint density at radius 3 is 1.53 bits per heavy atom. The molecule has 0 aliphatic heterocycles. The van der Waals surface area contributed by atoms with Gasteiger partial charge in [-0.05, 0) is 50.6 Å². The highest BCUT2D eigenvalue weighted by molar-refractivity contribution is 5.69. The van der Waals surface area contributed by atoms with E-state index in [9.17, 15) is 20.1 Å². The third kappa shape index (κ3) is 13.4. The lowest BCUT2D eigenvalue weighted by atomic mass is 9.97. The van der Waals surface area contributed by atoms with E-state index in [0.29, 0.717) is 12.8 Å². The van der Waals surface area contributed by atoms with Crippen molar-refractivity contribution in [3.8, 4) is 12.1 Å². The molecule has 0 fully saturated rings. The summed E-state index contributed by atoms with van der Waals surface area (Å²) in [5.41, 5.74) is 13.6. The van der Waals surface area contributed by atoms with Gasteiger partial charge in [-0.2, -0.15) is 20.8 Å². The van der Waals surface area contributed by atoms with Crippen molar-refractivity contribution in [1.82, 2.24) is 0 Å². The number of carbonyl (C=O) groups is 2. The molecule has 0 saturated heterocycles. The minimum atomic E-state index is -1.36. The smallest absolute Gasteiger partial charge is 0.305 e. The van der Waals surface area contributed by atoms with E-state index < -0.39 is 23.0 Å². The van der Waals surface area contributed by atoms with E-state index in [1.807, 2.05) is 12.1 Å². The summed E-state index contributed by atoms with van der Waals surface area (Å²) in [6.07, 6.45) is 0.656. The highest BCUT2D eigenvalue weighted by Crippen LogP contribution is 2.23. The predicted molar refractivity (Wildman–Crippen MR) is 111 cm³/mol. The zero-order valence-corrected chi connectivity index (χ0v) is 18.2. The fourth-order valence-electron chi connectivity index (χ4n) is 2.04. The first-order chi connectivity index (χ1) is 15.2. The van der Waals surface area contributed by atoms with Crippen LogP contribution in [-0.2, 0) is 19.1 Å². The Hall–Kier alpha value is -3.86. The van der Waals surface area contributed by atoms with Crippen LogP contribution in [0.25, 0.3) is 20.9 Å². The molecule has 2 atom stereocenters. The molecule has 2 unspecified atom stereocenters. The molecule has 0 rings (SSSR count). The fourth-order valence-corrected chi connectivity index (χ4v) is 2.04. The van der Waals surface area contributed by atoms with Crippen molar-refractivity contribution < 1.29 is 19.1 Å². The lowest BCUT2D eigenvalue weighted by Crippen LogP contribution is -2.25. The molecule has 0 radical (unpaired) electrons. The van der Waals surface area contributed by atoms with Gasteiger partial charge in [0.25, 0.3) is 0 Å². The molecule has 0 bridgehead atoms. The second kappa shape index (κ2) is 15.9. The second-order valence-corrected chi connectivity index (χ2v) is 7.03. The van der Waals surface area contributed by atoms with E-state index >= 15 is 0 Å². The van der Waals surface area contributed by atoms with Crippen molar-refractivity contribution in [1.29, 1.82) is 10.5 Å². The van der Waals surface area contributed by atoms with Crippen LogP contribution in [0.3, 0.4) is 0 Å². The maximum atomic E-state index is 11.8. The maximum absolute atomic E-state index is 11.8. The summed E-state index contributed by atoms with van der Waals surface area (Å²) < 4.78 is 9.97. The summed E-state index contributed by atoms with van der Waals surface area (Å²) in [5, 5.41) is 33.4. The largest absolute Gasteiger partial charge is 0.466 e. The van der Waals surface area contributed by atoms with Crippen LogP contribution in [0.5, 0.6) is 0 Å². The van der Waals surface area contributed by atoms with E-state index in [1.165, 1.54) is 13.8 Å². The van der Waals surface area contributed by atoms with Gasteiger partial charge in [0.1, 0.15) is 0 Å². The van der Waals surface area contributed by atoms with Crippen LogP contribution in [0.15, 0.2) is 20.5 Å². The van der Waals surface area contributed by atoms with Gasteiger partial charge in [-0.25, -0.2) is 0 Å². The third-order valence-corrected chi connectivity index (χ3v) is 4.06. The fraction of sp³-hybridized carbons (Fsp3) is 0.778. The SMILES string of the molecule is CC(C#N)(CCC(=O)OCCCN=[N+]=[N-])N=NC(C)(C#N)CCC(=O)OCCCN=[N+]=[N-]. The first-order valence-electron chi connectivity index (χ1n) is 9.83. The van der Waals surface area contributed by atoms with Gasteiger partial charge in [0.05, 0.1) is 25.4 Å². The number of carbonyl (C=O) groups excluding carboxylic acids is 2. The Balaban J connectivity index is 4.63. The average Bonchev–Trinajstić information content (AvgIpc) is 2.80. The molecule has 32 heavy (non-hydrogen) atoms. The zero-order valence-electron chi connectivity index (χ0n) is 18.2. The van der Waals surface area contributed by atoms with Gasteiger partial charge < -0.3 is 9.47 Å². The molecule has 0 aliphatic carbocycles. The summed E-state index contributed by atoms with van der Waals surface area (Å²) >= 11 is 0. The number of hydrogen-bond acceptors (Lipinski definition) is 10. The Labute approximate surface area is 185 Å². The number of nitrogens with zero attached hydrogens (tertiary/aromatic N) is 10. The number of esters is 2. The minimum Gasteiger partial charge on any atom is -0.466 e. The van der Waals surface area contributed by atoms with Crippen molar-refractivity contribution >= 4 is 11.9 Å². The number of azo groups is 1. The van der Waals surface area contributed by atoms with Crippen molar-refractivity contribution in [2.75, 3.05) is 26.3 Å². The topological polar surface area (TPSA) is 222 Å². The first kappa shape index (κ1) is 28.1. The number of hydrogen-bond donors (Lipinski definition) is 0. The van der Waals surface area contributed by atoms with E-state index in [2.05, 4.69) is 30.3 Å². The van der Waals surface area contributed by atoms with Gasteiger partial charge in [0.15, 0.2) is 11.1 Å². The van der Waals surface area contributed by atoms with Crippen LogP contribution in [0, 0.1) is 22.7 Å². The monoisotopic (exact) mass is 446 g/mol. The minimum absolute atomic E-state index is 0.0247. The molecule has 0 heterocycles. The summed E-state index contributed by atoms with van der Waals surface area (Å²) in [5.74, 6) is -1.07. The van der Waals surface area contributed by atoms with Gasteiger partial charge in [-0.15, -0.1) is 0 Å². The zero-order chi connectivity index (χ0) is 24.3. The lowest BCUT2D eigenvalue weighted by molar-refractivity contribution is -0.145. The Bertz CT molecular complexity index is 768. The second-order valence-electron chi connectivity index (χ2n) is 7.03. The predicted octanol–water partition coefficient (Wildman–Crippen LogP) is 4.05. The molecule has 0 aromatic carbocycles. The molecule has 14 heteroatoms. The molecule has 172 valence electrons. The van der Waals surface area contributed by atoms with Crippen LogP contribution in [0.1, 0.15) is 52.4 Å². The highest BCUT2D eigenvalue weighted by atomic mass is 16.5. The third-order valence-electron chi connectivity index (χ3n) is 4.06. The van der Waals surface area contributed by atoms with Crippen molar-refractivity contribution in [3.05, 3.63) is 20.9 Å². The van der Waals surface area contributed by atoms with Crippen LogP contribution in [0.2, 0.25) is 0 Å². The molecule has 0 amide bonds. The average molecular weight is 446 g/mol. The molecule has 0 saturated carbocycles. The molecule has 0 spiro atoms. The highest BCUT2D eigenvalue weighted by Gasteiger charge is 2.29. The van der Waals surface area contributed by atoms with Crippen molar-refractivity contribution in [2.24, 2.45) is 20.5 Å². The summed E-state index contributed by atoms with van der Waals surface area (Å²) in [6.45, 7) is 3.56. The Morgan fingerprint density at radius 2 is 1.22 bits per heavy atom. The Kier molecular flexibility index (Phi) is 14.0. The van der Waals surface area contributed by atoms with E-state index in [-0.39, 0.29) is 52.0 Å². The van der Waals surface area contributed by atoms with Crippen LogP contribution >= 0.6 is 0 Å². The number of azide groups is 2. The molecule has 14 nitrogen and oxygen atoms in total. The molecule has 0 aromatic rings. The number of rotatable bonds is 16. The van der Waals surface area contributed by atoms with Gasteiger partial charge >= 0.3 is 11.9 Å². The summed E-state index contributed by atoms with van der Waals surface area (Å²) in [6, 6.07) is 3.93. The molecule has 0 aromatic heterocycles. The van der Waals surface area contributed by atoms with Crippen LogP contribution in [-0.4, -0.2) is 49.3 Å². The molecule has 0 N–H and O–H groups in total. The summed E-state index contributed by atoms with van der Waals surface area (Å²) in [4.78, 5) is 28.7. The quantitative estimate of drug-likeness (QED) is 0.112. The number of nitriles is 2. The molecular formula is C18H26N10O4. The van der Waals surface area contributed by atoms with Gasteiger partial charge in [0.2, 0.25) is 0 Å². The van der Waals surface area contributed by atoms with Gasteiger partial charge in [0, 0.05) is 35.8 Å². The van der Waals surface area contributed by atoms with Crippen LogP contribution in [0.4, 0.5) is 0 Å². The lowest BCUT2D eigenvalue weighted by Gasteiger charge is -2.19. The van der Waals surface area contributed by atoms with E-state index in [1.54, 1.807) is 0 Å².